The van der Waals surface area contributed by atoms with Gasteiger partial charge in [0.1, 0.15) is 11.3 Å². The van der Waals surface area contributed by atoms with Crippen LogP contribution in [0.3, 0.4) is 0 Å². The van der Waals surface area contributed by atoms with Crippen LogP contribution in [0.2, 0.25) is 0 Å². The molecule has 29 heavy (non-hydrogen) atoms. The van der Waals surface area contributed by atoms with Gasteiger partial charge >= 0.3 is 0 Å². The van der Waals surface area contributed by atoms with Crippen LogP contribution in [0.15, 0.2) is 71.1 Å². The monoisotopic (exact) mass is 383 g/mol. The zero-order chi connectivity index (χ0) is 20.8. The summed E-state index contributed by atoms with van der Waals surface area (Å²) in [7, 11) is 0. The summed E-state index contributed by atoms with van der Waals surface area (Å²) in [6, 6.07) is 23.2. The number of aromatic nitrogens is 1. The molecule has 0 amide bonds. The second kappa shape index (κ2) is 6.88. The average Bonchev–Trinajstić information content (AvgIpc) is 3.10. The number of hydrogen-bond donors (Lipinski definition) is 0. The SMILES string of the molecule is CC(C)(C)c1cc(-c2cc3nc(-c4ccccc4)ccc3o2)cc(C(C)(C)C)c1. The van der Waals surface area contributed by atoms with Crippen LogP contribution < -0.4 is 0 Å². The highest BCUT2D eigenvalue weighted by Crippen LogP contribution is 2.36. The van der Waals surface area contributed by atoms with E-state index in [4.69, 9.17) is 9.40 Å². The van der Waals surface area contributed by atoms with Crippen LogP contribution in [0.25, 0.3) is 33.7 Å². The first-order valence-electron chi connectivity index (χ1n) is 10.2. The minimum absolute atomic E-state index is 0.0702. The number of furan rings is 1. The Morgan fingerprint density at radius 3 is 1.86 bits per heavy atom. The second-order valence-corrected chi connectivity index (χ2v) is 9.86. The third-order valence-electron chi connectivity index (χ3n) is 5.39. The molecule has 0 aliphatic rings. The highest BCUT2D eigenvalue weighted by molar-refractivity contribution is 5.82. The van der Waals surface area contributed by atoms with E-state index in [1.807, 2.05) is 30.3 Å². The molecule has 0 N–H and O–H groups in total. The molecule has 4 aromatic rings. The fourth-order valence-corrected chi connectivity index (χ4v) is 3.47. The fourth-order valence-electron chi connectivity index (χ4n) is 3.47. The predicted octanol–water partition coefficient (Wildman–Crippen LogP) is 7.76. The summed E-state index contributed by atoms with van der Waals surface area (Å²) in [5, 5.41) is 0. The van der Waals surface area contributed by atoms with Crippen LogP contribution in [-0.2, 0) is 10.8 Å². The Morgan fingerprint density at radius 1 is 0.655 bits per heavy atom. The number of nitrogens with zero attached hydrogens (tertiary/aromatic N) is 1. The molecule has 2 aromatic heterocycles. The molecule has 0 aliphatic heterocycles. The van der Waals surface area contributed by atoms with E-state index in [0.29, 0.717) is 0 Å². The maximum absolute atomic E-state index is 6.22. The van der Waals surface area contributed by atoms with E-state index in [1.54, 1.807) is 0 Å². The zero-order valence-corrected chi connectivity index (χ0v) is 18.2. The molecular weight excluding hydrogens is 354 g/mol. The maximum atomic E-state index is 6.22. The van der Waals surface area contributed by atoms with Gasteiger partial charge in [-0.3, -0.25) is 0 Å². The van der Waals surface area contributed by atoms with Gasteiger partial charge in [-0.05, 0) is 46.2 Å². The second-order valence-electron chi connectivity index (χ2n) is 9.86. The van der Waals surface area contributed by atoms with E-state index in [1.165, 1.54) is 11.1 Å². The minimum Gasteiger partial charge on any atom is -0.454 e. The zero-order valence-electron chi connectivity index (χ0n) is 18.2. The number of pyridine rings is 1. The Balaban J connectivity index is 1.84. The van der Waals surface area contributed by atoms with Crippen LogP contribution in [0.4, 0.5) is 0 Å². The van der Waals surface area contributed by atoms with Crippen molar-refractivity contribution in [3.63, 3.8) is 0 Å². The molecule has 2 aromatic carbocycles. The molecule has 0 saturated carbocycles. The van der Waals surface area contributed by atoms with Crippen molar-refractivity contribution in [2.45, 2.75) is 52.4 Å². The summed E-state index contributed by atoms with van der Waals surface area (Å²) in [5.74, 6) is 0.870. The molecule has 0 atom stereocenters. The Bertz CT molecular complexity index is 1120. The number of fused-ring (bicyclic) bond motifs is 1. The molecule has 148 valence electrons. The molecule has 2 heteroatoms. The summed E-state index contributed by atoms with van der Waals surface area (Å²) in [6.07, 6.45) is 0. The van der Waals surface area contributed by atoms with Crippen LogP contribution in [0.5, 0.6) is 0 Å². The van der Waals surface area contributed by atoms with Crippen LogP contribution >= 0.6 is 0 Å². The molecule has 2 heterocycles. The highest BCUT2D eigenvalue weighted by Gasteiger charge is 2.22. The van der Waals surface area contributed by atoms with Crippen molar-refractivity contribution in [1.29, 1.82) is 0 Å². The van der Waals surface area contributed by atoms with Crippen molar-refractivity contribution in [3.05, 3.63) is 77.9 Å². The van der Waals surface area contributed by atoms with Crippen LogP contribution in [0, 0.1) is 0 Å². The third-order valence-corrected chi connectivity index (χ3v) is 5.39. The van der Waals surface area contributed by atoms with Gasteiger partial charge in [-0.1, -0.05) is 77.9 Å². The highest BCUT2D eigenvalue weighted by atomic mass is 16.3. The minimum atomic E-state index is 0.0702. The van der Waals surface area contributed by atoms with Gasteiger partial charge in [0.2, 0.25) is 0 Å². The molecular formula is C27H29NO. The van der Waals surface area contributed by atoms with Gasteiger partial charge in [0.05, 0.1) is 5.69 Å². The average molecular weight is 384 g/mol. The number of benzene rings is 2. The predicted molar refractivity (Wildman–Crippen MR) is 122 cm³/mol. The molecule has 0 saturated heterocycles. The molecule has 0 fully saturated rings. The van der Waals surface area contributed by atoms with Gasteiger partial charge in [0.25, 0.3) is 0 Å². The molecule has 0 radical (unpaired) electrons. The first-order valence-corrected chi connectivity index (χ1v) is 10.2. The van der Waals surface area contributed by atoms with Crippen molar-refractivity contribution >= 4 is 11.1 Å². The van der Waals surface area contributed by atoms with Crippen molar-refractivity contribution in [3.8, 4) is 22.6 Å². The van der Waals surface area contributed by atoms with Crippen molar-refractivity contribution in [2.24, 2.45) is 0 Å². The number of hydrogen-bond acceptors (Lipinski definition) is 2. The molecule has 2 nitrogen and oxygen atoms in total. The van der Waals surface area contributed by atoms with Gasteiger partial charge in [-0.25, -0.2) is 4.98 Å². The number of rotatable bonds is 2. The van der Waals surface area contributed by atoms with Crippen molar-refractivity contribution < 1.29 is 4.42 Å². The molecule has 0 aliphatic carbocycles. The largest absolute Gasteiger partial charge is 0.454 e. The quantitative estimate of drug-likeness (QED) is 0.353. The van der Waals surface area contributed by atoms with E-state index in [-0.39, 0.29) is 10.8 Å². The molecule has 0 unspecified atom stereocenters. The Hall–Kier alpha value is -2.87. The molecule has 0 spiro atoms. The van der Waals surface area contributed by atoms with E-state index in [9.17, 15) is 0 Å². The van der Waals surface area contributed by atoms with Gasteiger partial charge in [0.15, 0.2) is 5.58 Å². The summed E-state index contributed by atoms with van der Waals surface area (Å²) in [4.78, 5) is 4.84. The standard InChI is InChI=1S/C27H29NO/c1-26(2,3)20-14-19(15-21(16-20)27(4,5)6)25-17-23-24(29-25)13-12-22(28-23)18-10-8-7-9-11-18/h7-17H,1-6H3. The van der Waals surface area contributed by atoms with Crippen molar-refractivity contribution in [2.75, 3.05) is 0 Å². The van der Waals surface area contributed by atoms with Gasteiger partial charge in [-0.2, -0.15) is 0 Å². The lowest BCUT2D eigenvalue weighted by atomic mass is 9.79. The topological polar surface area (TPSA) is 26.0 Å². The van der Waals surface area contributed by atoms with Gasteiger partial charge < -0.3 is 4.42 Å². The van der Waals surface area contributed by atoms with E-state index in [2.05, 4.69) is 77.9 Å². The molecule has 0 bridgehead atoms. The Kier molecular flexibility index (Phi) is 4.61. The first kappa shape index (κ1) is 19.4. The molecule has 4 rings (SSSR count). The van der Waals surface area contributed by atoms with Crippen molar-refractivity contribution in [1.82, 2.24) is 4.98 Å². The Labute approximate surface area is 173 Å². The van der Waals surface area contributed by atoms with Gasteiger partial charge in [0, 0.05) is 17.2 Å². The lowest BCUT2D eigenvalue weighted by molar-refractivity contribution is 0.567. The smallest absolute Gasteiger partial charge is 0.153 e. The van der Waals surface area contributed by atoms with Crippen LogP contribution in [0.1, 0.15) is 52.7 Å². The Morgan fingerprint density at radius 2 is 1.28 bits per heavy atom. The maximum Gasteiger partial charge on any atom is 0.153 e. The summed E-state index contributed by atoms with van der Waals surface area (Å²) in [5.41, 5.74) is 7.67. The normalized spacial score (nSPS) is 12.5. The lowest BCUT2D eigenvalue weighted by Gasteiger charge is -2.26. The summed E-state index contributed by atoms with van der Waals surface area (Å²) >= 11 is 0. The fraction of sp³-hybridized carbons (Fsp3) is 0.296. The first-order chi connectivity index (χ1) is 13.6. The summed E-state index contributed by atoms with van der Waals surface area (Å²) < 4.78 is 6.22. The van der Waals surface area contributed by atoms with E-state index >= 15 is 0 Å². The van der Waals surface area contributed by atoms with E-state index in [0.717, 1.165) is 33.7 Å². The lowest BCUT2D eigenvalue weighted by Crippen LogP contribution is -2.16. The van der Waals surface area contributed by atoms with Gasteiger partial charge in [-0.15, -0.1) is 0 Å². The van der Waals surface area contributed by atoms with Crippen LogP contribution in [-0.4, -0.2) is 4.98 Å². The summed E-state index contributed by atoms with van der Waals surface area (Å²) in [6.45, 7) is 13.5. The third kappa shape index (κ3) is 3.98. The van der Waals surface area contributed by atoms with E-state index < -0.39 is 0 Å².